The SMILES string of the molecule is Cc1ccc2c(c1)sc(=NC(=O)C1CCCN1S(=O)(=O)c1ccc(F)cc1)n2C. The van der Waals surface area contributed by atoms with Gasteiger partial charge in [-0.25, -0.2) is 12.8 Å². The van der Waals surface area contributed by atoms with Crippen molar-refractivity contribution in [3.63, 3.8) is 0 Å². The molecule has 3 aromatic rings. The summed E-state index contributed by atoms with van der Waals surface area (Å²) in [5.41, 5.74) is 2.08. The number of thiazole rings is 1. The average Bonchev–Trinajstić information content (AvgIpc) is 3.28. The lowest BCUT2D eigenvalue weighted by Crippen LogP contribution is -2.40. The van der Waals surface area contributed by atoms with Crippen molar-refractivity contribution in [2.75, 3.05) is 6.54 Å². The molecule has 0 saturated carbocycles. The van der Waals surface area contributed by atoms with Gasteiger partial charge in [0.25, 0.3) is 5.91 Å². The van der Waals surface area contributed by atoms with Crippen molar-refractivity contribution >= 4 is 37.5 Å². The van der Waals surface area contributed by atoms with E-state index >= 15 is 0 Å². The van der Waals surface area contributed by atoms with E-state index in [0.717, 1.165) is 27.9 Å². The maximum absolute atomic E-state index is 13.2. The molecule has 0 N–H and O–H groups in total. The summed E-state index contributed by atoms with van der Waals surface area (Å²) in [4.78, 5) is 17.7. The maximum atomic E-state index is 13.2. The highest BCUT2D eigenvalue weighted by Crippen LogP contribution is 2.27. The first-order valence-corrected chi connectivity index (χ1v) is 11.5. The van der Waals surface area contributed by atoms with Crippen molar-refractivity contribution in [2.24, 2.45) is 12.0 Å². The molecule has 6 nitrogen and oxygen atoms in total. The van der Waals surface area contributed by atoms with E-state index in [-0.39, 0.29) is 11.4 Å². The van der Waals surface area contributed by atoms with E-state index in [0.29, 0.717) is 17.6 Å². The molecule has 2 aromatic carbocycles. The van der Waals surface area contributed by atoms with Gasteiger partial charge in [-0.1, -0.05) is 17.4 Å². The Labute approximate surface area is 172 Å². The summed E-state index contributed by atoms with van der Waals surface area (Å²) in [7, 11) is -2.06. The van der Waals surface area contributed by atoms with Gasteiger partial charge in [0.05, 0.1) is 15.1 Å². The molecule has 1 aliphatic heterocycles. The van der Waals surface area contributed by atoms with Crippen LogP contribution in [-0.4, -0.2) is 35.8 Å². The topological polar surface area (TPSA) is 71.7 Å². The third-order valence-corrected chi connectivity index (χ3v) is 8.10. The fraction of sp³-hybridized carbons (Fsp3) is 0.300. The number of rotatable bonds is 3. The van der Waals surface area contributed by atoms with E-state index in [1.165, 1.54) is 27.8 Å². The number of carbonyl (C=O) groups excluding carboxylic acids is 1. The predicted octanol–water partition coefficient (Wildman–Crippen LogP) is 2.97. The number of amides is 1. The molecule has 4 rings (SSSR count). The summed E-state index contributed by atoms with van der Waals surface area (Å²) in [6.07, 6.45) is 0.987. The first-order chi connectivity index (χ1) is 13.8. The van der Waals surface area contributed by atoms with Crippen LogP contribution in [0, 0.1) is 12.7 Å². The average molecular weight is 434 g/mol. The van der Waals surface area contributed by atoms with Gasteiger partial charge in [-0.3, -0.25) is 4.79 Å². The quantitative estimate of drug-likeness (QED) is 0.638. The van der Waals surface area contributed by atoms with Crippen LogP contribution in [0.3, 0.4) is 0 Å². The smallest absolute Gasteiger partial charge is 0.266 e. The molecular formula is C20H20FN3O3S2. The summed E-state index contributed by atoms with van der Waals surface area (Å²) in [5, 5.41) is 0. The molecule has 1 aromatic heterocycles. The second-order valence-corrected chi connectivity index (χ2v) is 9.99. The van der Waals surface area contributed by atoms with Crippen molar-refractivity contribution in [2.45, 2.75) is 30.7 Å². The lowest BCUT2D eigenvalue weighted by Gasteiger charge is -2.21. The molecule has 1 amide bonds. The van der Waals surface area contributed by atoms with Crippen LogP contribution in [0.4, 0.5) is 4.39 Å². The minimum Gasteiger partial charge on any atom is -0.319 e. The molecule has 0 spiro atoms. The van der Waals surface area contributed by atoms with E-state index in [2.05, 4.69) is 4.99 Å². The Morgan fingerprint density at radius 1 is 1.21 bits per heavy atom. The Kier molecular flexibility index (Phi) is 5.14. The number of halogens is 1. The number of aryl methyl sites for hydroxylation is 2. The fourth-order valence-corrected chi connectivity index (χ4v) is 6.31. The van der Waals surface area contributed by atoms with Gasteiger partial charge < -0.3 is 4.57 Å². The second-order valence-electron chi connectivity index (χ2n) is 7.09. The van der Waals surface area contributed by atoms with Crippen LogP contribution in [0.5, 0.6) is 0 Å². The van der Waals surface area contributed by atoms with Crippen LogP contribution in [0.2, 0.25) is 0 Å². The number of benzene rings is 2. The predicted molar refractivity (Wildman–Crippen MR) is 109 cm³/mol. The highest BCUT2D eigenvalue weighted by Gasteiger charge is 2.39. The van der Waals surface area contributed by atoms with Gasteiger partial charge in [0.15, 0.2) is 4.80 Å². The van der Waals surface area contributed by atoms with Gasteiger partial charge >= 0.3 is 0 Å². The summed E-state index contributed by atoms with van der Waals surface area (Å²) < 4.78 is 43.1. The third-order valence-electron chi connectivity index (χ3n) is 5.08. The van der Waals surface area contributed by atoms with Gasteiger partial charge in [-0.05, 0) is 61.7 Å². The number of aromatic nitrogens is 1. The number of sulfonamides is 1. The van der Waals surface area contributed by atoms with E-state index in [1.54, 1.807) is 0 Å². The van der Waals surface area contributed by atoms with Crippen LogP contribution >= 0.6 is 11.3 Å². The monoisotopic (exact) mass is 433 g/mol. The first kappa shape index (κ1) is 19.9. The van der Waals surface area contributed by atoms with E-state index in [9.17, 15) is 17.6 Å². The zero-order valence-corrected chi connectivity index (χ0v) is 17.6. The zero-order chi connectivity index (χ0) is 20.8. The van der Waals surface area contributed by atoms with Gasteiger partial charge in [-0.2, -0.15) is 9.30 Å². The molecule has 9 heteroatoms. The molecule has 29 heavy (non-hydrogen) atoms. The fourth-order valence-electron chi connectivity index (χ4n) is 3.53. The molecule has 0 bridgehead atoms. The van der Waals surface area contributed by atoms with Crippen molar-refractivity contribution in [3.8, 4) is 0 Å². The summed E-state index contributed by atoms with van der Waals surface area (Å²) in [5.74, 6) is -0.993. The largest absolute Gasteiger partial charge is 0.319 e. The molecule has 1 fully saturated rings. The number of fused-ring (bicyclic) bond motifs is 1. The Hall–Kier alpha value is -2.36. The zero-order valence-electron chi connectivity index (χ0n) is 16.0. The van der Waals surface area contributed by atoms with Crippen LogP contribution in [0.25, 0.3) is 10.2 Å². The summed E-state index contributed by atoms with van der Waals surface area (Å²) in [6.45, 7) is 2.24. The minimum atomic E-state index is -3.90. The van der Waals surface area contributed by atoms with E-state index in [1.807, 2.05) is 36.7 Å². The maximum Gasteiger partial charge on any atom is 0.266 e. The number of hydrogen-bond acceptors (Lipinski definition) is 4. The molecule has 1 unspecified atom stereocenters. The van der Waals surface area contributed by atoms with Gasteiger partial charge in [0.1, 0.15) is 11.9 Å². The van der Waals surface area contributed by atoms with Crippen molar-refractivity contribution in [3.05, 3.63) is 58.6 Å². The molecular weight excluding hydrogens is 413 g/mol. The Bertz CT molecular complexity index is 1260. The molecule has 0 radical (unpaired) electrons. The number of nitrogens with zero attached hydrogens (tertiary/aromatic N) is 3. The van der Waals surface area contributed by atoms with Gasteiger partial charge in [0.2, 0.25) is 10.0 Å². The lowest BCUT2D eigenvalue weighted by atomic mass is 10.2. The van der Waals surface area contributed by atoms with Crippen LogP contribution < -0.4 is 4.80 Å². The molecule has 2 heterocycles. The molecule has 152 valence electrons. The number of carbonyl (C=O) groups is 1. The molecule has 0 aliphatic carbocycles. The first-order valence-electron chi connectivity index (χ1n) is 9.19. The van der Waals surface area contributed by atoms with Crippen LogP contribution in [0.1, 0.15) is 18.4 Å². The molecule has 1 saturated heterocycles. The summed E-state index contributed by atoms with van der Waals surface area (Å²) in [6, 6.07) is 9.79. The summed E-state index contributed by atoms with van der Waals surface area (Å²) >= 11 is 1.40. The minimum absolute atomic E-state index is 0.0264. The van der Waals surface area contributed by atoms with E-state index in [4.69, 9.17) is 0 Å². The Morgan fingerprint density at radius 3 is 2.66 bits per heavy atom. The van der Waals surface area contributed by atoms with Crippen molar-refractivity contribution in [1.82, 2.24) is 8.87 Å². The van der Waals surface area contributed by atoms with E-state index < -0.39 is 27.8 Å². The van der Waals surface area contributed by atoms with Crippen molar-refractivity contribution in [1.29, 1.82) is 0 Å². The lowest BCUT2D eigenvalue weighted by molar-refractivity contribution is -0.121. The van der Waals surface area contributed by atoms with Gasteiger partial charge in [-0.15, -0.1) is 0 Å². The van der Waals surface area contributed by atoms with Crippen LogP contribution in [-0.2, 0) is 21.9 Å². The van der Waals surface area contributed by atoms with Crippen LogP contribution in [0.15, 0.2) is 52.4 Å². The Balaban J connectivity index is 1.69. The number of hydrogen-bond donors (Lipinski definition) is 0. The Morgan fingerprint density at radius 2 is 1.93 bits per heavy atom. The molecule has 1 atom stereocenters. The standard InChI is InChI=1S/C20H20FN3O3S2/c1-13-5-10-16-18(12-13)28-20(23(16)2)22-19(25)17-4-3-11-24(17)29(26,27)15-8-6-14(21)7-9-15/h5-10,12,17H,3-4,11H2,1-2H3. The molecule has 1 aliphatic rings. The highest BCUT2D eigenvalue weighted by molar-refractivity contribution is 7.89. The third kappa shape index (κ3) is 3.65. The highest BCUT2D eigenvalue weighted by atomic mass is 32.2. The normalized spacial score (nSPS) is 18.6. The van der Waals surface area contributed by atoms with Crippen molar-refractivity contribution < 1.29 is 17.6 Å². The van der Waals surface area contributed by atoms with Gasteiger partial charge in [0, 0.05) is 13.6 Å². The second kappa shape index (κ2) is 7.47.